The number of nitrogens with zero attached hydrogens (tertiary/aromatic N) is 2. The summed E-state index contributed by atoms with van der Waals surface area (Å²) < 4.78 is 22.5. The molecular formula is C26H34N4O6. The number of methoxy groups -OCH3 is 1. The molecular weight excluding hydrogens is 464 g/mol. The lowest BCUT2D eigenvalue weighted by molar-refractivity contribution is 0.0150. The number of likely N-dealkylation sites (N-methyl/N-ethyl adjacent to an activating group) is 2. The van der Waals surface area contributed by atoms with Crippen LogP contribution in [0.1, 0.15) is 24.2 Å². The number of hydrogen-bond acceptors (Lipinski definition) is 7. The lowest BCUT2D eigenvalue weighted by atomic mass is 10.0. The molecule has 194 valence electrons. The van der Waals surface area contributed by atoms with Gasteiger partial charge in [-0.25, -0.2) is 4.79 Å². The van der Waals surface area contributed by atoms with E-state index in [0.29, 0.717) is 47.3 Å². The van der Waals surface area contributed by atoms with E-state index in [1.54, 1.807) is 55.5 Å². The summed E-state index contributed by atoms with van der Waals surface area (Å²) in [7, 11) is 5.48. The summed E-state index contributed by atoms with van der Waals surface area (Å²) in [5.74, 6) is 1.68. The van der Waals surface area contributed by atoms with Crippen LogP contribution in [0.3, 0.4) is 0 Å². The molecule has 0 radical (unpaired) electrons. The van der Waals surface area contributed by atoms with Gasteiger partial charge in [0.05, 0.1) is 11.7 Å². The van der Waals surface area contributed by atoms with E-state index >= 15 is 0 Å². The zero-order chi connectivity index (χ0) is 25.8. The Morgan fingerprint density at radius 1 is 0.944 bits per heavy atom. The van der Waals surface area contributed by atoms with Crippen LogP contribution in [0.5, 0.6) is 17.2 Å². The smallest absolute Gasteiger partial charge is 0.323 e. The Kier molecular flexibility index (Phi) is 7.85. The van der Waals surface area contributed by atoms with Crippen molar-refractivity contribution in [2.75, 3.05) is 58.3 Å². The second-order valence-corrected chi connectivity index (χ2v) is 9.39. The minimum Gasteiger partial charge on any atom is -0.491 e. The maximum absolute atomic E-state index is 13.4. The molecule has 2 aliphatic rings. The van der Waals surface area contributed by atoms with E-state index in [4.69, 9.17) is 18.9 Å². The van der Waals surface area contributed by atoms with Crippen molar-refractivity contribution in [3.05, 3.63) is 42.0 Å². The summed E-state index contributed by atoms with van der Waals surface area (Å²) in [4.78, 5) is 30.0. The molecule has 4 rings (SSSR count). The first kappa shape index (κ1) is 25.6. The van der Waals surface area contributed by atoms with E-state index in [9.17, 15) is 9.59 Å². The molecule has 3 amide bonds. The summed E-state index contributed by atoms with van der Waals surface area (Å²) in [5.41, 5.74) is 1.39. The van der Waals surface area contributed by atoms with Crippen molar-refractivity contribution < 1.29 is 28.5 Å². The fourth-order valence-electron chi connectivity index (χ4n) is 4.30. The van der Waals surface area contributed by atoms with Gasteiger partial charge in [-0.05, 0) is 50.2 Å². The van der Waals surface area contributed by atoms with Crippen molar-refractivity contribution >= 4 is 23.3 Å². The summed E-state index contributed by atoms with van der Waals surface area (Å²) in [6, 6.07) is 9.90. The third-order valence-corrected chi connectivity index (χ3v) is 6.64. The highest BCUT2D eigenvalue weighted by Crippen LogP contribution is 2.34. The number of hydrogen-bond donors (Lipinski definition) is 2. The van der Waals surface area contributed by atoms with Crippen LogP contribution in [0.4, 0.5) is 16.2 Å². The number of carbonyl (C=O) groups excluding carboxylic acids is 2. The molecule has 0 fully saturated rings. The van der Waals surface area contributed by atoms with Gasteiger partial charge < -0.3 is 34.5 Å². The molecule has 0 saturated heterocycles. The fraction of sp³-hybridized carbons (Fsp3) is 0.462. The molecule has 36 heavy (non-hydrogen) atoms. The Morgan fingerprint density at radius 3 is 2.33 bits per heavy atom. The molecule has 0 unspecified atom stereocenters. The van der Waals surface area contributed by atoms with Gasteiger partial charge in [-0.3, -0.25) is 9.69 Å². The average molecular weight is 499 g/mol. The van der Waals surface area contributed by atoms with Gasteiger partial charge in [0.2, 0.25) is 6.79 Å². The number of ether oxygens (including phenoxy) is 4. The first-order valence-electron chi connectivity index (χ1n) is 12.0. The number of nitrogens with one attached hydrogen (secondary N) is 2. The Bertz CT molecular complexity index is 1110. The van der Waals surface area contributed by atoms with Gasteiger partial charge in [-0.15, -0.1) is 0 Å². The summed E-state index contributed by atoms with van der Waals surface area (Å²) in [6.45, 7) is 6.03. The van der Waals surface area contributed by atoms with Crippen molar-refractivity contribution in [3.63, 3.8) is 0 Å². The van der Waals surface area contributed by atoms with Gasteiger partial charge in [-0.1, -0.05) is 6.92 Å². The predicted octanol–water partition coefficient (Wildman–Crippen LogP) is 3.50. The molecule has 3 atom stereocenters. The van der Waals surface area contributed by atoms with Crippen LogP contribution in [-0.2, 0) is 4.74 Å². The van der Waals surface area contributed by atoms with Gasteiger partial charge in [0.25, 0.3) is 5.91 Å². The lowest BCUT2D eigenvalue weighted by Crippen LogP contribution is -2.45. The Balaban J connectivity index is 1.53. The largest absolute Gasteiger partial charge is 0.491 e. The van der Waals surface area contributed by atoms with Crippen molar-refractivity contribution in [1.82, 2.24) is 9.80 Å². The fourth-order valence-corrected chi connectivity index (χ4v) is 4.30. The van der Waals surface area contributed by atoms with E-state index < -0.39 is 6.03 Å². The van der Waals surface area contributed by atoms with Crippen molar-refractivity contribution in [2.45, 2.75) is 26.0 Å². The average Bonchev–Trinajstić information content (AvgIpc) is 3.32. The zero-order valence-electron chi connectivity index (χ0n) is 21.4. The maximum Gasteiger partial charge on any atom is 0.323 e. The lowest BCUT2D eigenvalue weighted by Gasteiger charge is -2.34. The highest BCUT2D eigenvalue weighted by Gasteiger charge is 2.27. The number of urea groups is 1. The molecule has 10 heteroatoms. The van der Waals surface area contributed by atoms with Crippen molar-refractivity contribution in [3.8, 4) is 17.2 Å². The second kappa shape index (κ2) is 11.0. The number of benzene rings is 2. The van der Waals surface area contributed by atoms with Gasteiger partial charge in [0.1, 0.15) is 12.4 Å². The molecule has 2 aromatic carbocycles. The molecule has 0 aliphatic carbocycles. The minimum absolute atomic E-state index is 0.119. The van der Waals surface area contributed by atoms with Crippen LogP contribution in [0.15, 0.2) is 36.4 Å². The number of anilines is 2. The SMILES string of the molecule is CO[C@@H]1CN(C)C(=O)c2cc(NC(=O)Nc3ccc4c(c3)OCO4)ccc2OC[C@@H](C)N(C)C[C@H]1C. The molecule has 0 aromatic heterocycles. The van der Waals surface area contributed by atoms with E-state index in [1.165, 1.54) is 0 Å². The molecule has 2 N–H and O–H groups in total. The summed E-state index contributed by atoms with van der Waals surface area (Å²) in [5, 5.41) is 5.56. The third-order valence-electron chi connectivity index (χ3n) is 6.64. The monoisotopic (exact) mass is 498 g/mol. The first-order valence-corrected chi connectivity index (χ1v) is 12.0. The van der Waals surface area contributed by atoms with Gasteiger partial charge >= 0.3 is 6.03 Å². The Labute approximate surface area is 211 Å². The highest BCUT2D eigenvalue weighted by atomic mass is 16.7. The third kappa shape index (κ3) is 5.83. The minimum atomic E-state index is -0.452. The number of amides is 3. The molecule has 0 spiro atoms. The predicted molar refractivity (Wildman–Crippen MR) is 136 cm³/mol. The molecule has 0 bridgehead atoms. The second-order valence-electron chi connectivity index (χ2n) is 9.39. The maximum atomic E-state index is 13.4. The molecule has 0 saturated carbocycles. The molecule has 2 heterocycles. The quantitative estimate of drug-likeness (QED) is 0.668. The molecule has 2 aromatic rings. The van der Waals surface area contributed by atoms with Crippen LogP contribution in [0.2, 0.25) is 0 Å². The van der Waals surface area contributed by atoms with Crippen LogP contribution in [-0.4, -0.2) is 81.6 Å². The number of fused-ring (bicyclic) bond motifs is 2. The van der Waals surface area contributed by atoms with Crippen molar-refractivity contribution in [2.24, 2.45) is 5.92 Å². The highest BCUT2D eigenvalue weighted by molar-refractivity contribution is 6.02. The van der Waals surface area contributed by atoms with Crippen molar-refractivity contribution in [1.29, 1.82) is 0 Å². The van der Waals surface area contributed by atoms with E-state index in [-0.39, 0.29) is 30.8 Å². The summed E-state index contributed by atoms with van der Waals surface area (Å²) in [6.07, 6.45) is -0.119. The van der Waals surface area contributed by atoms with Crippen LogP contribution < -0.4 is 24.8 Å². The van der Waals surface area contributed by atoms with E-state index in [0.717, 1.165) is 6.54 Å². The number of carbonyl (C=O) groups is 2. The zero-order valence-corrected chi connectivity index (χ0v) is 21.4. The van der Waals surface area contributed by atoms with Gasteiger partial charge in [-0.2, -0.15) is 0 Å². The van der Waals surface area contributed by atoms with Crippen LogP contribution in [0.25, 0.3) is 0 Å². The van der Waals surface area contributed by atoms with Gasteiger partial charge in [0.15, 0.2) is 11.5 Å². The number of rotatable bonds is 3. The standard InChI is InChI=1S/C26H34N4O6/c1-16-12-29(3)17(2)14-34-21-8-6-18(10-20(21)25(31)30(4)13-24(16)33-5)27-26(32)28-19-7-9-22-23(11-19)36-15-35-22/h6-11,16-17,24H,12-15H2,1-5H3,(H2,27,28,32)/t16-,17-,24-/m1/s1. The van der Waals surface area contributed by atoms with E-state index in [1.807, 2.05) is 0 Å². The Morgan fingerprint density at radius 2 is 1.61 bits per heavy atom. The summed E-state index contributed by atoms with van der Waals surface area (Å²) >= 11 is 0. The normalized spacial score (nSPS) is 22.6. The molecule has 2 aliphatic heterocycles. The van der Waals surface area contributed by atoms with Crippen LogP contribution >= 0.6 is 0 Å². The first-order chi connectivity index (χ1) is 17.2. The van der Waals surface area contributed by atoms with E-state index in [2.05, 4.69) is 36.4 Å². The molecule has 10 nitrogen and oxygen atoms in total. The van der Waals surface area contributed by atoms with Gasteiger partial charge in [0, 0.05) is 50.7 Å². The van der Waals surface area contributed by atoms with Crippen LogP contribution in [0, 0.1) is 5.92 Å². The Hall–Kier alpha value is -3.50. The topological polar surface area (TPSA) is 102 Å².